The monoisotopic (exact) mass is 272 g/mol. The van der Waals surface area contributed by atoms with Crippen LogP contribution in [0.3, 0.4) is 0 Å². The van der Waals surface area contributed by atoms with E-state index in [4.69, 9.17) is 9.47 Å². The van der Waals surface area contributed by atoms with Crippen molar-refractivity contribution in [3.63, 3.8) is 0 Å². The molecular formula is C15H16N2O3. The highest BCUT2D eigenvalue weighted by Gasteiger charge is 2.18. The number of hydrogen-bond acceptors (Lipinski definition) is 4. The summed E-state index contributed by atoms with van der Waals surface area (Å²) in [5.41, 5.74) is 2.47. The third-order valence-electron chi connectivity index (χ3n) is 3.22. The topological polar surface area (TPSA) is 64.2 Å². The number of rotatable bonds is 4. The summed E-state index contributed by atoms with van der Waals surface area (Å²) in [5, 5.41) is 0. The Morgan fingerprint density at radius 2 is 2.35 bits per heavy atom. The molecule has 2 heterocycles. The van der Waals surface area contributed by atoms with Crippen molar-refractivity contribution in [2.24, 2.45) is 0 Å². The number of fused-ring (bicyclic) bond motifs is 1. The molecule has 0 saturated carbocycles. The average molecular weight is 272 g/mol. The van der Waals surface area contributed by atoms with Gasteiger partial charge in [-0.3, -0.25) is 4.79 Å². The normalized spacial score (nSPS) is 13.1. The molecule has 0 atom stereocenters. The second-order valence-corrected chi connectivity index (χ2v) is 4.61. The smallest absolute Gasteiger partial charge is 0.251 e. The quantitative estimate of drug-likeness (QED) is 0.923. The van der Waals surface area contributed by atoms with Crippen LogP contribution in [0.1, 0.15) is 18.3 Å². The lowest BCUT2D eigenvalue weighted by atomic mass is 10.1. The molecular weight excluding hydrogens is 256 g/mol. The van der Waals surface area contributed by atoms with Crippen LogP contribution in [-0.2, 0) is 17.8 Å². The first-order valence-electron chi connectivity index (χ1n) is 6.71. The van der Waals surface area contributed by atoms with Gasteiger partial charge < -0.3 is 14.5 Å². The zero-order chi connectivity index (χ0) is 13.9. The maximum Gasteiger partial charge on any atom is 0.251 e. The Balaban J connectivity index is 2.04. The molecule has 0 spiro atoms. The predicted molar refractivity (Wildman–Crippen MR) is 74.8 cm³/mol. The van der Waals surface area contributed by atoms with E-state index in [1.807, 2.05) is 25.1 Å². The van der Waals surface area contributed by atoms with E-state index in [9.17, 15) is 4.79 Å². The lowest BCUT2D eigenvalue weighted by molar-refractivity contribution is 0.128. The number of benzene rings is 1. The van der Waals surface area contributed by atoms with Gasteiger partial charge in [-0.1, -0.05) is 12.1 Å². The Morgan fingerprint density at radius 3 is 3.20 bits per heavy atom. The van der Waals surface area contributed by atoms with E-state index in [1.165, 1.54) is 6.07 Å². The lowest BCUT2D eigenvalue weighted by Crippen LogP contribution is -2.12. The molecule has 3 rings (SSSR count). The van der Waals surface area contributed by atoms with Gasteiger partial charge in [0.15, 0.2) is 0 Å². The van der Waals surface area contributed by atoms with E-state index in [0.29, 0.717) is 31.3 Å². The van der Waals surface area contributed by atoms with E-state index >= 15 is 0 Å². The molecule has 0 amide bonds. The Kier molecular flexibility index (Phi) is 3.52. The maximum absolute atomic E-state index is 11.8. The summed E-state index contributed by atoms with van der Waals surface area (Å²) in [6.45, 7) is 3.47. The van der Waals surface area contributed by atoms with Crippen LogP contribution in [0.25, 0.3) is 11.3 Å². The van der Waals surface area contributed by atoms with E-state index in [-0.39, 0.29) is 5.56 Å². The molecule has 1 aliphatic rings. The summed E-state index contributed by atoms with van der Waals surface area (Å²) in [6.07, 6.45) is 0.901. The molecule has 1 aromatic heterocycles. The minimum Gasteiger partial charge on any atom is -0.492 e. The number of para-hydroxylation sites is 1. The van der Waals surface area contributed by atoms with E-state index in [2.05, 4.69) is 9.97 Å². The second-order valence-electron chi connectivity index (χ2n) is 4.61. The fraction of sp³-hybridized carbons (Fsp3) is 0.333. The number of H-pyrrole nitrogens is 1. The molecule has 0 saturated heterocycles. The lowest BCUT2D eigenvalue weighted by Gasteiger charge is -2.08. The number of aromatic amines is 1. The van der Waals surface area contributed by atoms with Crippen molar-refractivity contribution in [3.8, 4) is 17.0 Å². The molecule has 1 aliphatic heterocycles. The van der Waals surface area contributed by atoms with Crippen LogP contribution in [-0.4, -0.2) is 23.2 Å². The van der Waals surface area contributed by atoms with Crippen molar-refractivity contribution in [1.29, 1.82) is 0 Å². The summed E-state index contributed by atoms with van der Waals surface area (Å²) >= 11 is 0. The molecule has 0 unspecified atom stereocenters. The van der Waals surface area contributed by atoms with Gasteiger partial charge in [-0.05, 0) is 18.6 Å². The molecule has 20 heavy (non-hydrogen) atoms. The van der Waals surface area contributed by atoms with Gasteiger partial charge in [-0.15, -0.1) is 0 Å². The molecule has 1 aromatic carbocycles. The Morgan fingerprint density at radius 1 is 1.45 bits per heavy atom. The predicted octanol–water partition coefficient (Wildman–Crippen LogP) is 1.91. The summed E-state index contributed by atoms with van der Waals surface area (Å²) in [5.74, 6) is 1.37. The zero-order valence-corrected chi connectivity index (χ0v) is 11.3. The summed E-state index contributed by atoms with van der Waals surface area (Å²) < 4.78 is 11.0. The minimum atomic E-state index is -0.180. The van der Waals surface area contributed by atoms with Crippen LogP contribution in [0.5, 0.6) is 5.75 Å². The van der Waals surface area contributed by atoms with Crippen LogP contribution in [0, 0.1) is 0 Å². The van der Waals surface area contributed by atoms with Gasteiger partial charge in [-0.2, -0.15) is 0 Å². The summed E-state index contributed by atoms with van der Waals surface area (Å²) in [4.78, 5) is 18.9. The second kappa shape index (κ2) is 5.46. The molecule has 5 nitrogen and oxygen atoms in total. The highest BCUT2D eigenvalue weighted by Crippen LogP contribution is 2.35. The van der Waals surface area contributed by atoms with Crippen LogP contribution in [0.4, 0.5) is 0 Å². The van der Waals surface area contributed by atoms with Gasteiger partial charge in [0.1, 0.15) is 18.2 Å². The van der Waals surface area contributed by atoms with Crippen molar-refractivity contribution in [1.82, 2.24) is 9.97 Å². The van der Waals surface area contributed by atoms with Crippen molar-refractivity contribution in [2.45, 2.75) is 20.0 Å². The third kappa shape index (κ3) is 2.44. The highest BCUT2D eigenvalue weighted by molar-refractivity contribution is 5.69. The Hall–Kier alpha value is -2.14. The molecule has 0 aliphatic carbocycles. The van der Waals surface area contributed by atoms with Gasteiger partial charge in [0, 0.05) is 24.7 Å². The molecule has 0 radical (unpaired) electrons. The summed E-state index contributed by atoms with van der Waals surface area (Å²) in [6, 6.07) is 7.43. The Labute approximate surface area is 116 Å². The van der Waals surface area contributed by atoms with Crippen LogP contribution < -0.4 is 10.3 Å². The molecule has 0 fully saturated rings. The average Bonchev–Trinajstić information content (AvgIpc) is 2.92. The summed E-state index contributed by atoms with van der Waals surface area (Å²) in [7, 11) is 0. The molecule has 104 valence electrons. The van der Waals surface area contributed by atoms with E-state index in [0.717, 1.165) is 23.3 Å². The molecule has 2 aromatic rings. The van der Waals surface area contributed by atoms with Crippen molar-refractivity contribution in [2.75, 3.05) is 13.2 Å². The molecule has 0 bridgehead atoms. The minimum absolute atomic E-state index is 0.180. The van der Waals surface area contributed by atoms with Crippen LogP contribution in [0.15, 0.2) is 29.1 Å². The zero-order valence-electron chi connectivity index (χ0n) is 11.3. The molecule has 5 heteroatoms. The highest BCUT2D eigenvalue weighted by atomic mass is 16.5. The number of aromatic nitrogens is 2. The Bertz CT molecular complexity index is 679. The van der Waals surface area contributed by atoms with Crippen LogP contribution >= 0.6 is 0 Å². The SMILES string of the molecule is CCOCc1nc(-c2cccc3c2OCC3)cc(=O)[nH]1. The van der Waals surface area contributed by atoms with E-state index < -0.39 is 0 Å². The number of nitrogens with zero attached hydrogens (tertiary/aromatic N) is 1. The first-order valence-corrected chi connectivity index (χ1v) is 6.71. The first kappa shape index (κ1) is 12.9. The fourth-order valence-corrected chi connectivity index (χ4v) is 2.33. The first-order chi connectivity index (χ1) is 9.78. The van der Waals surface area contributed by atoms with Gasteiger partial charge in [0.25, 0.3) is 5.56 Å². The van der Waals surface area contributed by atoms with Gasteiger partial charge in [0.2, 0.25) is 0 Å². The largest absolute Gasteiger partial charge is 0.492 e. The number of hydrogen-bond donors (Lipinski definition) is 1. The van der Waals surface area contributed by atoms with Crippen LogP contribution in [0.2, 0.25) is 0 Å². The van der Waals surface area contributed by atoms with Crippen molar-refractivity contribution < 1.29 is 9.47 Å². The molecule has 1 N–H and O–H groups in total. The standard InChI is InChI=1S/C15H16N2O3/c1-2-19-9-13-16-12(8-14(18)17-13)11-5-3-4-10-6-7-20-15(10)11/h3-5,8H,2,6-7,9H2,1H3,(H,16,17,18). The van der Waals surface area contributed by atoms with Gasteiger partial charge in [-0.25, -0.2) is 4.98 Å². The van der Waals surface area contributed by atoms with Crippen molar-refractivity contribution in [3.05, 3.63) is 46.0 Å². The van der Waals surface area contributed by atoms with Gasteiger partial charge >= 0.3 is 0 Å². The van der Waals surface area contributed by atoms with E-state index in [1.54, 1.807) is 0 Å². The van der Waals surface area contributed by atoms with Crippen molar-refractivity contribution >= 4 is 0 Å². The van der Waals surface area contributed by atoms with Gasteiger partial charge in [0.05, 0.1) is 12.3 Å². The number of ether oxygens (including phenoxy) is 2. The maximum atomic E-state index is 11.8. The number of nitrogens with one attached hydrogen (secondary N) is 1. The fourth-order valence-electron chi connectivity index (χ4n) is 2.33. The third-order valence-corrected chi connectivity index (χ3v) is 3.22.